The molecule has 0 atom stereocenters. The van der Waals surface area contributed by atoms with Crippen LogP contribution >= 0.6 is 24.0 Å². The molecule has 0 saturated heterocycles. The van der Waals surface area contributed by atoms with Crippen molar-refractivity contribution in [2.24, 2.45) is 16.6 Å². The van der Waals surface area contributed by atoms with Gasteiger partial charge in [0.05, 0.1) is 13.2 Å². The van der Waals surface area contributed by atoms with Gasteiger partial charge in [-0.1, -0.05) is 6.07 Å². The molecule has 0 aliphatic heterocycles. The Balaban J connectivity index is 0.00000280. The van der Waals surface area contributed by atoms with Gasteiger partial charge >= 0.3 is 6.36 Å². The summed E-state index contributed by atoms with van der Waals surface area (Å²) in [6.07, 6.45) is -0.613. The molecule has 28 heavy (non-hydrogen) atoms. The first-order chi connectivity index (χ1) is 12.9. The van der Waals surface area contributed by atoms with Crippen LogP contribution < -0.4 is 20.5 Å². The lowest BCUT2D eigenvalue weighted by Gasteiger charge is -2.10. The number of hydrogen-bond donors (Lipinski definition) is 2. The number of nitrogens with one attached hydrogen (secondary N) is 1. The van der Waals surface area contributed by atoms with Gasteiger partial charge in [0.15, 0.2) is 5.96 Å². The molecular formula is C18H20F3IN4O2. The Kier molecular flexibility index (Phi) is 7.72. The van der Waals surface area contributed by atoms with Crippen molar-refractivity contribution in [3.63, 3.8) is 0 Å². The molecule has 3 N–H and O–H groups in total. The van der Waals surface area contributed by atoms with Crippen LogP contribution in [0.5, 0.6) is 11.6 Å². The minimum Gasteiger partial charge on any atom is -0.477 e. The predicted octanol–water partition coefficient (Wildman–Crippen LogP) is 4.31. The van der Waals surface area contributed by atoms with Crippen LogP contribution in [0, 0.1) is 5.92 Å². The molecule has 1 aliphatic rings. The number of pyridine rings is 1. The Morgan fingerprint density at radius 3 is 2.46 bits per heavy atom. The molecule has 0 spiro atoms. The molecule has 1 aliphatic carbocycles. The van der Waals surface area contributed by atoms with E-state index in [-0.39, 0.29) is 35.7 Å². The van der Waals surface area contributed by atoms with Gasteiger partial charge in [-0.3, -0.25) is 0 Å². The van der Waals surface area contributed by atoms with Crippen molar-refractivity contribution in [2.45, 2.75) is 25.7 Å². The SMILES string of the molecule is I.NC(=NCc1ccc(OCC2CC2)nc1)Nc1ccc(OC(F)(F)F)cc1. The maximum absolute atomic E-state index is 12.1. The fourth-order valence-corrected chi connectivity index (χ4v) is 2.18. The van der Waals surface area contributed by atoms with Crippen LogP contribution in [0.2, 0.25) is 0 Å². The molecule has 10 heteroatoms. The van der Waals surface area contributed by atoms with E-state index in [0.29, 0.717) is 30.6 Å². The second-order valence-corrected chi connectivity index (χ2v) is 6.16. The Morgan fingerprint density at radius 2 is 1.89 bits per heavy atom. The van der Waals surface area contributed by atoms with E-state index in [2.05, 4.69) is 20.0 Å². The topological polar surface area (TPSA) is 81.8 Å². The van der Waals surface area contributed by atoms with Gasteiger partial charge in [0.25, 0.3) is 0 Å². The third-order valence-corrected chi connectivity index (χ3v) is 3.75. The van der Waals surface area contributed by atoms with Crippen LogP contribution in [-0.2, 0) is 6.54 Å². The first-order valence-corrected chi connectivity index (χ1v) is 8.38. The zero-order valence-electron chi connectivity index (χ0n) is 14.8. The second-order valence-electron chi connectivity index (χ2n) is 6.16. The number of rotatable bonds is 7. The summed E-state index contributed by atoms with van der Waals surface area (Å²) in [6, 6.07) is 8.85. The van der Waals surface area contributed by atoms with Crippen LogP contribution in [0.1, 0.15) is 18.4 Å². The van der Waals surface area contributed by atoms with Crippen molar-refractivity contribution >= 4 is 35.6 Å². The largest absolute Gasteiger partial charge is 0.573 e. The van der Waals surface area contributed by atoms with Gasteiger partial charge < -0.3 is 20.5 Å². The maximum Gasteiger partial charge on any atom is 0.573 e. The molecule has 3 rings (SSSR count). The monoisotopic (exact) mass is 508 g/mol. The van der Waals surface area contributed by atoms with Gasteiger partial charge in [-0.2, -0.15) is 0 Å². The Morgan fingerprint density at radius 1 is 1.18 bits per heavy atom. The first kappa shape index (κ1) is 22.1. The van der Waals surface area contributed by atoms with Crippen LogP contribution in [0.15, 0.2) is 47.6 Å². The summed E-state index contributed by atoms with van der Waals surface area (Å²) in [5.41, 5.74) is 7.14. The normalized spacial score (nSPS) is 14.2. The van der Waals surface area contributed by atoms with Crippen molar-refractivity contribution in [3.8, 4) is 11.6 Å². The fraction of sp³-hybridized carbons (Fsp3) is 0.333. The molecule has 0 bridgehead atoms. The van der Waals surface area contributed by atoms with E-state index in [0.717, 1.165) is 5.56 Å². The molecule has 1 heterocycles. The van der Waals surface area contributed by atoms with Crippen LogP contribution in [0.25, 0.3) is 0 Å². The average molecular weight is 508 g/mol. The van der Waals surface area contributed by atoms with Gasteiger partial charge in [0, 0.05) is 18.0 Å². The van der Waals surface area contributed by atoms with Crippen molar-refractivity contribution < 1.29 is 22.6 Å². The lowest BCUT2D eigenvalue weighted by molar-refractivity contribution is -0.274. The summed E-state index contributed by atoms with van der Waals surface area (Å²) in [6.45, 7) is 1.01. The predicted molar refractivity (Wildman–Crippen MR) is 110 cm³/mol. The lowest BCUT2D eigenvalue weighted by Crippen LogP contribution is -2.22. The van der Waals surface area contributed by atoms with Crippen LogP contribution in [-0.4, -0.2) is 23.9 Å². The summed E-state index contributed by atoms with van der Waals surface area (Å²) >= 11 is 0. The maximum atomic E-state index is 12.1. The molecule has 0 radical (unpaired) electrons. The van der Waals surface area contributed by atoms with Gasteiger partial charge in [0.1, 0.15) is 5.75 Å². The van der Waals surface area contributed by atoms with Gasteiger partial charge in [0.2, 0.25) is 5.88 Å². The third kappa shape index (κ3) is 7.79. The summed E-state index contributed by atoms with van der Waals surface area (Å²) < 4.78 is 45.8. The first-order valence-electron chi connectivity index (χ1n) is 8.38. The number of anilines is 1. The smallest absolute Gasteiger partial charge is 0.477 e. The van der Waals surface area contributed by atoms with E-state index in [1.807, 2.05) is 6.07 Å². The number of hydrogen-bond acceptors (Lipinski definition) is 4. The van der Waals surface area contributed by atoms with Gasteiger partial charge in [-0.05, 0) is 48.6 Å². The molecule has 152 valence electrons. The summed E-state index contributed by atoms with van der Waals surface area (Å²) in [7, 11) is 0. The highest BCUT2D eigenvalue weighted by Crippen LogP contribution is 2.29. The van der Waals surface area contributed by atoms with Gasteiger partial charge in [-0.15, -0.1) is 37.1 Å². The number of halogens is 4. The molecule has 0 amide bonds. The van der Waals surface area contributed by atoms with E-state index in [9.17, 15) is 13.2 Å². The average Bonchev–Trinajstić information content (AvgIpc) is 3.44. The second kappa shape index (κ2) is 9.80. The molecule has 1 fully saturated rings. The number of guanidine groups is 1. The molecule has 6 nitrogen and oxygen atoms in total. The highest BCUT2D eigenvalue weighted by Gasteiger charge is 2.30. The van der Waals surface area contributed by atoms with Crippen LogP contribution in [0.3, 0.4) is 0 Å². The Labute approximate surface area is 177 Å². The zero-order valence-corrected chi connectivity index (χ0v) is 17.1. The van der Waals surface area contributed by atoms with E-state index in [4.69, 9.17) is 10.5 Å². The number of nitrogens with zero attached hydrogens (tertiary/aromatic N) is 2. The number of nitrogens with two attached hydrogens (primary N) is 1. The quantitative estimate of drug-likeness (QED) is 0.331. The highest BCUT2D eigenvalue weighted by molar-refractivity contribution is 14.0. The standard InChI is InChI=1S/C18H19F3N4O2.HI/c19-18(20,21)27-15-6-4-14(5-7-15)25-17(22)24-10-13-3-8-16(23-9-13)26-11-12-1-2-12;/h3-9,12H,1-2,10-11H2,(H3,22,24,25);1H. The van der Waals surface area contributed by atoms with Crippen molar-refractivity contribution in [3.05, 3.63) is 48.2 Å². The van der Waals surface area contributed by atoms with Crippen molar-refractivity contribution in [1.29, 1.82) is 0 Å². The summed E-state index contributed by atoms with van der Waals surface area (Å²) in [5.74, 6) is 1.07. The number of aromatic nitrogens is 1. The number of benzene rings is 1. The Hall–Kier alpha value is -2.24. The summed E-state index contributed by atoms with van der Waals surface area (Å²) in [5, 5.41) is 2.80. The van der Waals surface area contributed by atoms with Crippen molar-refractivity contribution in [2.75, 3.05) is 11.9 Å². The highest BCUT2D eigenvalue weighted by atomic mass is 127. The Bertz CT molecular complexity index is 779. The van der Waals surface area contributed by atoms with E-state index < -0.39 is 6.36 Å². The molecule has 2 aromatic rings. The third-order valence-electron chi connectivity index (χ3n) is 3.75. The fourth-order valence-electron chi connectivity index (χ4n) is 2.18. The molecule has 1 saturated carbocycles. The summed E-state index contributed by atoms with van der Waals surface area (Å²) in [4.78, 5) is 8.40. The number of alkyl halides is 3. The molecule has 0 unspecified atom stereocenters. The number of aliphatic imine (C=N–C) groups is 1. The lowest BCUT2D eigenvalue weighted by atomic mass is 10.3. The van der Waals surface area contributed by atoms with Crippen molar-refractivity contribution in [1.82, 2.24) is 4.98 Å². The molecular weight excluding hydrogens is 488 g/mol. The van der Waals surface area contributed by atoms with E-state index >= 15 is 0 Å². The van der Waals surface area contributed by atoms with E-state index in [1.165, 1.54) is 37.1 Å². The minimum atomic E-state index is -4.72. The van der Waals surface area contributed by atoms with Gasteiger partial charge in [-0.25, -0.2) is 9.98 Å². The number of ether oxygens (including phenoxy) is 2. The van der Waals surface area contributed by atoms with E-state index in [1.54, 1.807) is 12.3 Å². The molecule has 1 aromatic heterocycles. The minimum absolute atomic E-state index is 0. The zero-order chi connectivity index (χ0) is 19.3. The van der Waals surface area contributed by atoms with Crippen LogP contribution in [0.4, 0.5) is 18.9 Å². The molecule has 1 aromatic carbocycles.